The lowest BCUT2D eigenvalue weighted by molar-refractivity contribution is 0.625. The van der Waals surface area contributed by atoms with Gasteiger partial charge >= 0.3 is 0 Å². The van der Waals surface area contributed by atoms with E-state index in [-0.39, 0.29) is 5.82 Å². The topological polar surface area (TPSA) is 48.0 Å². The second-order valence-corrected chi connectivity index (χ2v) is 5.70. The number of aryl methyl sites for hydroxylation is 3. The van der Waals surface area contributed by atoms with E-state index in [0.29, 0.717) is 17.8 Å². The molecule has 0 saturated heterocycles. The van der Waals surface area contributed by atoms with Crippen molar-refractivity contribution in [3.05, 3.63) is 64.6 Å². The standard InChI is InChI=1S/C17H16FN5/c1-10-8-19-14-9-20-16(12-6-4-5-7-13(12)18)15-11(2)21-22(3)17(15)23(10)14/h4-8H,9H2,1-3H3. The summed E-state index contributed by atoms with van der Waals surface area (Å²) in [5.74, 6) is 1.43. The second kappa shape index (κ2) is 4.87. The van der Waals surface area contributed by atoms with E-state index in [4.69, 9.17) is 0 Å². The van der Waals surface area contributed by atoms with Crippen molar-refractivity contribution in [3.8, 4) is 5.82 Å². The van der Waals surface area contributed by atoms with Gasteiger partial charge in [-0.1, -0.05) is 12.1 Å². The maximum atomic E-state index is 14.3. The quantitative estimate of drug-likeness (QED) is 0.694. The fourth-order valence-corrected chi connectivity index (χ4v) is 3.17. The predicted octanol–water partition coefficient (Wildman–Crippen LogP) is 2.71. The Hall–Kier alpha value is -2.76. The number of imidazole rings is 1. The molecule has 2 aromatic heterocycles. The van der Waals surface area contributed by atoms with Crippen LogP contribution < -0.4 is 0 Å². The van der Waals surface area contributed by atoms with Crippen molar-refractivity contribution in [2.24, 2.45) is 12.0 Å². The molecule has 0 atom stereocenters. The minimum Gasteiger partial charge on any atom is -0.283 e. The zero-order valence-electron chi connectivity index (χ0n) is 13.2. The van der Waals surface area contributed by atoms with Crippen LogP contribution in [0.4, 0.5) is 4.39 Å². The van der Waals surface area contributed by atoms with Gasteiger partial charge in [0.15, 0.2) is 0 Å². The molecule has 0 radical (unpaired) electrons. The highest BCUT2D eigenvalue weighted by atomic mass is 19.1. The molecule has 0 spiro atoms. The zero-order chi connectivity index (χ0) is 16.1. The number of halogens is 1. The van der Waals surface area contributed by atoms with Crippen LogP contribution in [-0.2, 0) is 13.6 Å². The number of aliphatic imine (C=N–C) groups is 1. The van der Waals surface area contributed by atoms with E-state index in [9.17, 15) is 4.39 Å². The van der Waals surface area contributed by atoms with Crippen molar-refractivity contribution >= 4 is 5.71 Å². The molecule has 1 aliphatic rings. The van der Waals surface area contributed by atoms with Gasteiger partial charge < -0.3 is 0 Å². The van der Waals surface area contributed by atoms with Gasteiger partial charge in [0.2, 0.25) is 0 Å². The molecule has 1 aliphatic heterocycles. The summed E-state index contributed by atoms with van der Waals surface area (Å²) in [5, 5.41) is 4.52. The van der Waals surface area contributed by atoms with Gasteiger partial charge in [0.1, 0.15) is 17.5 Å². The van der Waals surface area contributed by atoms with Crippen LogP contribution in [0.5, 0.6) is 0 Å². The third kappa shape index (κ3) is 1.94. The van der Waals surface area contributed by atoms with Crippen LogP contribution in [0.3, 0.4) is 0 Å². The fraction of sp³-hybridized carbons (Fsp3) is 0.235. The number of fused-ring (bicyclic) bond motifs is 3. The maximum Gasteiger partial charge on any atom is 0.146 e. The lowest BCUT2D eigenvalue weighted by Crippen LogP contribution is -2.11. The Kier molecular flexibility index (Phi) is 2.94. The molecule has 0 unspecified atom stereocenters. The third-order valence-electron chi connectivity index (χ3n) is 4.16. The Bertz CT molecular complexity index is 948. The van der Waals surface area contributed by atoms with Gasteiger partial charge in [0.05, 0.1) is 23.5 Å². The molecule has 1 aromatic carbocycles. The van der Waals surface area contributed by atoms with E-state index in [0.717, 1.165) is 28.6 Å². The van der Waals surface area contributed by atoms with E-state index in [2.05, 4.69) is 15.1 Å². The molecule has 0 bridgehead atoms. The highest BCUT2D eigenvalue weighted by Gasteiger charge is 2.27. The van der Waals surface area contributed by atoms with Gasteiger partial charge in [0.25, 0.3) is 0 Å². The molecule has 0 N–H and O–H groups in total. The Morgan fingerprint density at radius 2 is 1.96 bits per heavy atom. The van der Waals surface area contributed by atoms with Gasteiger partial charge in [-0.3, -0.25) is 14.2 Å². The fourth-order valence-electron chi connectivity index (χ4n) is 3.17. The van der Waals surface area contributed by atoms with E-state index in [1.54, 1.807) is 12.1 Å². The van der Waals surface area contributed by atoms with Gasteiger partial charge in [-0.15, -0.1) is 0 Å². The van der Waals surface area contributed by atoms with Crippen LogP contribution in [0.25, 0.3) is 5.82 Å². The van der Waals surface area contributed by atoms with Crippen molar-refractivity contribution < 1.29 is 4.39 Å². The average molecular weight is 309 g/mol. The average Bonchev–Trinajstić information content (AvgIpc) is 2.94. The van der Waals surface area contributed by atoms with Crippen LogP contribution in [-0.4, -0.2) is 25.0 Å². The Morgan fingerprint density at radius 1 is 1.17 bits per heavy atom. The predicted molar refractivity (Wildman–Crippen MR) is 85.5 cm³/mol. The summed E-state index contributed by atoms with van der Waals surface area (Å²) >= 11 is 0. The molecule has 116 valence electrons. The van der Waals surface area contributed by atoms with Crippen molar-refractivity contribution in [1.29, 1.82) is 0 Å². The maximum absolute atomic E-state index is 14.3. The first-order valence-corrected chi connectivity index (χ1v) is 7.45. The van der Waals surface area contributed by atoms with Gasteiger partial charge in [-0.05, 0) is 26.0 Å². The van der Waals surface area contributed by atoms with Crippen molar-refractivity contribution in [3.63, 3.8) is 0 Å². The zero-order valence-corrected chi connectivity index (χ0v) is 13.2. The minimum atomic E-state index is -0.281. The Morgan fingerprint density at radius 3 is 2.74 bits per heavy atom. The molecule has 0 aliphatic carbocycles. The molecule has 0 amide bonds. The summed E-state index contributed by atoms with van der Waals surface area (Å²) in [6, 6.07) is 6.71. The van der Waals surface area contributed by atoms with Crippen molar-refractivity contribution in [2.45, 2.75) is 20.4 Å². The van der Waals surface area contributed by atoms with Crippen LogP contribution >= 0.6 is 0 Å². The van der Waals surface area contributed by atoms with Gasteiger partial charge in [0, 0.05) is 24.5 Å². The molecule has 6 heteroatoms. The molecular formula is C17H16FN5. The molecule has 23 heavy (non-hydrogen) atoms. The number of aromatic nitrogens is 4. The largest absolute Gasteiger partial charge is 0.283 e. The minimum absolute atomic E-state index is 0.281. The molecule has 5 nitrogen and oxygen atoms in total. The molecule has 4 rings (SSSR count). The molecule has 3 aromatic rings. The van der Waals surface area contributed by atoms with E-state index in [1.165, 1.54) is 6.07 Å². The monoisotopic (exact) mass is 309 g/mol. The number of hydrogen-bond donors (Lipinski definition) is 0. The van der Waals surface area contributed by atoms with E-state index < -0.39 is 0 Å². The Balaban J connectivity index is 2.06. The number of hydrogen-bond acceptors (Lipinski definition) is 3. The van der Waals surface area contributed by atoms with Crippen LogP contribution in [0.15, 0.2) is 35.5 Å². The summed E-state index contributed by atoms with van der Waals surface area (Å²) in [6.45, 7) is 4.33. The second-order valence-electron chi connectivity index (χ2n) is 5.70. The lowest BCUT2D eigenvalue weighted by atomic mass is 10.0. The third-order valence-corrected chi connectivity index (χ3v) is 4.16. The summed E-state index contributed by atoms with van der Waals surface area (Å²) in [6.07, 6.45) is 1.82. The summed E-state index contributed by atoms with van der Waals surface area (Å²) in [5.41, 5.74) is 3.82. The van der Waals surface area contributed by atoms with Crippen LogP contribution in [0, 0.1) is 19.7 Å². The van der Waals surface area contributed by atoms with Crippen molar-refractivity contribution in [2.75, 3.05) is 0 Å². The highest BCUT2D eigenvalue weighted by molar-refractivity contribution is 6.15. The van der Waals surface area contributed by atoms with Gasteiger partial charge in [-0.25, -0.2) is 9.37 Å². The number of benzene rings is 1. The normalized spacial score (nSPS) is 13.3. The first kappa shape index (κ1) is 13.9. The first-order valence-electron chi connectivity index (χ1n) is 7.45. The lowest BCUT2D eigenvalue weighted by Gasteiger charge is -2.11. The summed E-state index contributed by atoms with van der Waals surface area (Å²) in [4.78, 5) is 9.10. The SMILES string of the molecule is Cc1nn(C)c2c1C(c1ccccc1F)=NCc1ncc(C)n1-2. The number of nitrogens with zero attached hydrogens (tertiary/aromatic N) is 5. The van der Waals surface area contributed by atoms with Gasteiger partial charge in [-0.2, -0.15) is 5.10 Å². The smallest absolute Gasteiger partial charge is 0.146 e. The van der Waals surface area contributed by atoms with Crippen LogP contribution in [0.1, 0.15) is 28.3 Å². The van der Waals surface area contributed by atoms with E-state index in [1.807, 2.05) is 42.4 Å². The van der Waals surface area contributed by atoms with Crippen molar-refractivity contribution in [1.82, 2.24) is 19.3 Å². The molecule has 0 saturated carbocycles. The highest BCUT2D eigenvalue weighted by Crippen LogP contribution is 2.28. The molecule has 3 heterocycles. The summed E-state index contributed by atoms with van der Waals surface area (Å²) < 4.78 is 18.2. The molecular weight excluding hydrogens is 293 g/mol. The molecule has 0 fully saturated rings. The van der Waals surface area contributed by atoms with E-state index >= 15 is 0 Å². The summed E-state index contributed by atoms with van der Waals surface area (Å²) in [7, 11) is 1.89. The number of rotatable bonds is 1. The first-order chi connectivity index (χ1) is 11.1. The Labute approximate surface area is 133 Å². The van der Waals surface area contributed by atoms with Crippen LogP contribution in [0.2, 0.25) is 0 Å².